The van der Waals surface area contributed by atoms with Crippen molar-refractivity contribution in [1.29, 1.82) is 0 Å². The molecule has 0 amide bonds. The van der Waals surface area contributed by atoms with Crippen LogP contribution < -0.4 is 5.73 Å². The lowest BCUT2D eigenvalue weighted by atomic mass is 10.6. The number of furan rings is 1. The third-order valence-corrected chi connectivity index (χ3v) is 1.03. The summed E-state index contributed by atoms with van der Waals surface area (Å²) >= 11 is 3.93. The lowest BCUT2D eigenvalue weighted by Gasteiger charge is -1.77. The molecule has 3 heteroatoms. The smallest absolute Gasteiger partial charge is 0.114 e. The van der Waals surface area contributed by atoms with Gasteiger partial charge in [0.2, 0.25) is 0 Å². The lowest BCUT2D eigenvalue weighted by Crippen LogP contribution is -1.78. The molecule has 0 spiro atoms. The van der Waals surface area contributed by atoms with E-state index in [0.717, 1.165) is 0 Å². The molecule has 38 valence electrons. The van der Waals surface area contributed by atoms with Crippen LogP contribution in [0.4, 0.5) is 5.69 Å². The van der Waals surface area contributed by atoms with Crippen LogP contribution in [0.1, 0.15) is 0 Å². The Morgan fingerprint density at radius 2 is 2.29 bits per heavy atom. The van der Waals surface area contributed by atoms with Crippen LogP contribution in [0.2, 0.25) is 0 Å². The largest absolute Gasteiger partial charge is 0.469 e. The van der Waals surface area contributed by atoms with Crippen molar-refractivity contribution >= 4 is 18.3 Å². The number of nitrogen functional groups attached to an aromatic ring is 1. The zero-order valence-corrected chi connectivity index (χ0v) is 4.48. The molecule has 1 aromatic heterocycles. The first-order chi connectivity index (χ1) is 3.30. The Morgan fingerprint density at radius 3 is 2.43 bits per heavy atom. The van der Waals surface area contributed by atoms with Gasteiger partial charge in [-0.2, -0.15) is 0 Å². The minimum absolute atomic E-state index is 0.586. The zero-order chi connectivity index (χ0) is 5.28. The van der Waals surface area contributed by atoms with Crippen molar-refractivity contribution < 1.29 is 4.42 Å². The first kappa shape index (κ1) is 4.59. The molecule has 2 N–H and O–H groups in total. The quantitative estimate of drug-likeness (QED) is 0.498. The van der Waals surface area contributed by atoms with Crippen molar-refractivity contribution in [2.24, 2.45) is 0 Å². The van der Waals surface area contributed by atoms with Crippen LogP contribution in [-0.4, -0.2) is 0 Å². The Balaban J connectivity index is 3.12. The third-order valence-electron chi connectivity index (χ3n) is 0.670. The first-order valence-electron chi connectivity index (χ1n) is 1.81. The maximum absolute atomic E-state index is 5.27. The summed E-state index contributed by atoms with van der Waals surface area (Å²) in [6.45, 7) is 0. The lowest BCUT2D eigenvalue weighted by molar-refractivity contribution is 0.562. The van der Waals surface area contributed by atoms with Gasteiger partial charge in [-0.1, -0.05) is 0 Å². The van der Waals surface area contributed by atoms with Gasteiger partial charge >= 0.3 is 0 Å². The van der Waals surface area contributed by atoms with E-state index in [9.17, 15) is 0 Å². The summed E-state index contributed by atoms with van der Waals surface area (Å²) in [7, 11) is 0. The fourth-order valence-electron chi connectivity index (χ4n) is 0.300. The molecule has 0 saturated heterocycles. The van der Waals surface area contributed by atoms with E-state index in [1.807, 2.05) is 0 Å². The maximum atomic E-state index is 5.27. The standard InChI is InChI=1S/C4H5NOS/c5-3-1-6-2-4(3)7/h1-2,7H,5H2. The van der Waals surface area contributed by atoms with Crippen molar-refractivity contribution in [2.75, 3.05) is 5.73 Å². The van der Waals surface area contributed by atoms with Crippen molar-refractivity contribution in [3.63, 3.8) is 0 Å². The van der Waals surface area contributed by atoms with Crippen LogP contribution in [0, 0.1) is 0 Å². The minimum atomic E-state index is 0.586. The van der Waals surface area contributed by atoms with Gasteiger partial charge in [-0.05, 0) is 0 Å². The fraction of sp³-hybridized carbons (Fsp3) is 0. The number of hydrogen-bond acceptors (Lipinski definition) is 3. The van der Waals surface area contributed by atoms with E-state index in [1.165, 1.54) is 12.5 Å². The molecular weight excluding hydrogens is 110 g/mol. The molecule has 0 radical (unpaired) electrons. The number of thiol groups is 1. The predicted octanol–water partition coefficient (Wildman–Crippen LogP) is 1.15. The van der Waals surface area contributed by atoms with Gasteiger partial charge in [-0.25, -0.2) is 0 Å². The second kappa shape index (κ2) is 1.50. The van der Waals surface area contributed by atoms with E-state index < -0.39 is 0 Å². The van der Waals surface area contributed by atoms with E-state index in [2.05, 4.69) is 17.0 Å². The molecule has 0 atom stereocenters. The summed E-state index contributed by atoms with van der Waals surface area (Å²) in [6.07, 6.45) is 2.93. The van der Waals surface area contributed by atoms with Crippen molar-refractivity contribution in [3.8, 4) is 0 Å². The van der Waals surface area contributed by atoms with Gasteiger partial charge in [0, 0.05) is 0 Å². The second-order valence-corrected chi connectivity index (χ2v) is 1.69. The Hall–Kier alpha value is -0.570. The third kappa shape index (κ3) is 0.718. The number of anilines is 1. The number of hydrogen-bond donors (Lipinski definition) is 2. The average molecular weight is 115 g/mol. The highest BCUT2D eigenvalue weighted by molar-refractivity contribution is 7.80. The summed E-state index contributed by atoms with van der Waals surface area (Å²) in [5.41, 5.74) is 5.86. The number of nitrogens with two attached hydrogens (primary N) is 1. The van der Waals surface area contributed by atoms with Crippen LogP contribution in [0.25, 0.3) is 0 Å². The molecule has 0 aliphatic rings. The Kier molecular flexibility index (Phi) is 0.982. The van der Waals surface area contributed by atoms with E-state index in [1.54, 1.807) is 0 Å². The normalized spacial score (nSPS) is 9.29. The van der Waals surface area contributed by atoms with Crippen molar-refractivity contribution in [2.45, 2.75) is 4.90 Å². The SMILES string of the molecule is Nc1cocc1S. The van der Waals surface area contributed by atoms with E-state index in [-0.39, 0.29) is 0 Å². The monoisotopic (exact) mass is 115 g/mol. The highest BCUT2D eigenvalue weighted by atomic mass is 32.1. The zero-order valence-electron chi connectivity index (χ0n) is 3.59. The van der Waals surface area contributed by atoms with Gasteiger partial charge in [0.15, 0.2) is 0 Å². The molecule has 1 heterocycles. The average Bonchev–Trinajstić information content (AvgIpc) is 1.91. The highest BCUT2D eigenvalue weighted by Crippen LogP contribution is 2.15. The Labute approximate surface area is 46.7 Å². The Morgan fingerprint density at radius 1 is 1.57 bits per heavy atom. The van der Waals surface area contributed by atoms with Gasteiger partial charge in [-0.15, -0.1) is 12.6 Å². The van der Waals surface area contributed by atoms with Gasteiger partial charge in [0.1, 0.15) is 12.5 Å². The Bertz CT molecular complexity index is 144. The van der Waals surface area contributed by atoms with Gasteiger partial charge < -0.3 is 10.2 Å². The van der Waals surface area contributed by atoms with E-state index >= 15 is 0 Å². The fourth-order valence-corrected chi connectivity index (χ4v) is 0.414. The molecule has 1 rings (SSSR count). The molecule has 0 aliphatic heterocycles. The number of rotatable bonds is 0. The minimum Gasteiger partial charge on any atom is -0.469 e. The van der Waals surface area contributed by atoms with Crippen LogP contribution in [0.15, 0.2) is 21.8 Å². The molecule has 0 aliphatic carbocycles. The summed E-state index contributed by atoms with van der Waals surface area (Å²) < 4.78 is 4.64. The van der Waals surface area contributed by atoms with Gasteiger partial charge in [-0.3, -0.25) is 0 Å². The molecule has 0 aromatic carbocycles. The van der Waals surface area contributed by atoms with Crippen LogP contribution in [0.3, 0.4) is 0 Å². The maximum Gasteiger partial charge on any atom is 0.114 e. The van der Waals surface area contributed by atoms with E-state index in [4.69, 9.17) is 5.73 Å². The summed E-state index contributed by atoms with van der Waals surface area (Å²) in [5, 5.41) is 0. The summed E-state index contributed by atoms with van der Waals surface area (Å²) in [5.74, 6) is 0. The summed E-state index contributed by atoms with van der Waals surface area (Å²) in [4.78, 5) is 0.694. The van der Waals surface area contributed by atoms with Crippen molar-refractivity contribution in [3.05, 3.63) is 12.5 Å². The molecule has 0 unspecified atom stereocenters. The van der Waals surface area contributed by atoms with Crippen LogP contribution in [-0.2, 0) is 0 Å². The molecule has 1 aromatic rings. The molecule has 7 heavy (non-hydrogen) atoms. The molecule has 0 fully saturated rings. The van der Waals surface area contributed by atoms with Gasteiger partial charge in [0.25, 0.3) is 0 Å². The molecule has 0 bridgehead atoms. The highest BCUT2D eigenvalue weighted by Gasteiger charge is 1.90. The van der Waals surface area contributed by atoms with Crippen LogP contribution in [0.5, 0.6) is 0 Å². The molecular formula is C4H5NOS. The van der Waals surface area contributed by atoms with E-state index in [0.29, 0.717) is 10.6 Å². The molecule has 0 saturated carbocycles. The van der Waals surface area contributed by atoms with Gasteiger partial charge in [0.05, 0.1) is 10.6 Å². The topological polar surface area (TPSA) is 39.2 Å². The molecule has 2 nitrogen and oxygen atoms in total. The predicted molar refractivity (Wildman–Crippen MR) is 30.4 cm³/mol. The first-order valence-corrected chi connectivity index (χ1v) is 2.26. The van der Waals surface area contributed by atoms with Crippen LogP contribution >= 0.6 is 12.6 Å². The second-order valence-electron chi connectivity index (χ2n) is 1.21. The van der Waals surface area contributed by atoms with Crippen molar-refractivity contribution in [1.82, 2.24) is 0 Å². The summed E-state index contributed by atoms with van der Waals surface area (Å²) in [6, 6.07) is 0.